The van der Waals surface area contributed by atoms with Crippen molar-refractivity contribution in [2.45, 2.75) is 19.3 Å². The topological polar surface area (TPSA) is 55.1 Å². The Labute approximate surface area is 126 Å². The van der Waals surface area contributed by atoms with Crippen LogP contribution in [0.2, 0.25) is 0 Å². The van der Waals surface area contributed by atoms with Crippen molar-refractivity contribution in [2.24, 2.45) is 5.73 Å². The molecule has 0 heterocycles. The van der Waals surface area contributed by atoms with E-state index in [1.807, 2.05) is 12.1 Å². The summed E-state index contributed by atoms with van der Waals surface area (Å²) in [6.07, 6.45) is 2.13. The minimum absolute atomic E-state index is 0. The molecule has 4 heteroatoms. The maximum Gasteiger partial charge on any atom is 0.220 e. The molecule has 0 radical (unpaired) electrons. The van der Waals surface area contributed by atoms with Crippen molar-refractivity contribution >= 4 is 29.1 Å². The van der Waals surface area contributed by atoms with E-state index in [2.05, 4.69) is 35.6 Å². The molecule has 0 aliphatic rings. The largest absolute Gasteiger partial charge is 0.356 e. The maximum absolute atomic E-state index is 11.5. The Morgan fingerprint density at radius 1 is 1.10 bits per heavy atom. The normalized spacial score (nSPS) is 10.1. The van der Waals surface area contributed by atoms with Crippen LogP contribution in [0.3, 0.4) is 0 Å². The summed E-state index contributed by atoms with van der Waals surface area (Å²) in [6, 6.07) is 14.6. The molecule has 2 aromatic carbocycles. The van der Waals surface area contributed by atoms with E-state index < -0.39 is 0 Å². The average Bonchev–Trinajstić information content (AvgIpc) is 2.45. The summed E-state index contributed by atoms with van der Waals surface area (Å²) in [7, 11) is 0. The van der Waals surface area contributed by atoms with Gasteiger partial charge < -0.3 is 11.1 Å². The summed E-state index contributed by atoms with van der Waals surface area (Å²) in [5, 5.41) is 5.45. The van der Waals surface area contributed by atoms with Crippen molar-refractivity contribution < 1.29 is 4.79 Å². The van der Waals surface area contributed by atoms with E-state index in [4.69, 9.17) is 5.73 Å². The first-order valence-corrected chi connectivity index (χ1v) is 6.74. The fraction of sp³-hybridized carbons (Fsp3) is 0.312. The molecule has 0 aliphatic carbocycles. The Hall–Kier alpha value is -1.58. The van der Waals surface area contributed by atoms with Crippen molar-refractivity contribution in [3.8, 4) is 0 Å². The quantitative estimate of drug-likeness (QED) is 0.860. The third-order valence-corrected chi connectivity index (χ3v) is 3.20. The van der Waals surface area contributed by atoms with Crippen LogP contribution >= 0.6 is 12.4 Å². The fourth-order valence-corrected chi connectivity index (χ4v) is 2.20. The van der Waals surface area contributed by atoms with Crippen LogP contribution in [0.15, 0.2) is 42.5 Å². The fourth-order valence-electron chi connectivity index (χ4n) is 2.20. The zero-order valence-corrected chi connectivity index (χ0v) is 12.3. The molecule has 0 bridgehead atoms. The third-order valence-electron chi connectivity index (χ3n) is 3.20. The van der Waals surface area contributed by atoms with Crippen LogP contribution in [0.5, 0.6) is 0 Å². The van der Waals surface area contributed by atoms with Gasteiger partial charge in [0.1, 0.15) is 0 Å². The Morgan fingerprint density at radius 2 is 1.85 bits per heavy atom. The predicted molar refractivity (Wildman–Crippen MR) is 86.2 cm³/mol. The van der Waals surface area contributed by atoms with Gasteiger partial charge in [-0.15, -0.1) is 12.4 Å². The van der Waals surface area contributed by atoms with E-state index in [-0.39, 0.29) is 18.3 Å². The summed E-state index contributed by atoms with van der Waals surface area (Å²) >= 11 is 0. The number of hydrogen-bond donors (Lipinski definition) is 2. The van der Waals surface area contributed by atoms with Crippen molar-refractivity contribution in [3.63, 3.8) is 0 Å². The van der Waals surface area contributed by atoms with E-state index in [0.717, 1.165) is 12.8 Å². The molecule has 3 N–H and O–H groups in total. The van der Waals surface area contributed by atoms with Gasteiger partial charge in [-0.2, -0.15) is 0 Å². The van der Waals surface area contributed by atoms with Gasteiger partial charge in [0.25, 0.3) is 0 Å². The van der Waals surface area contributed by atoms with Crippen LogP contribution < -0.4 is 11.1 Å². The summed E-state index contributed by atoms with van der Waals surface area (Å²) in [6.45, 7) is 1.24. The Bertz CT molecular complexity index is 552. The molecule has 2 rings (SSSR count). The van der Waals surface area contributed by atoms with Crippen LogP contribution in [0.1, 0.15) is 18.4 Å². The number of fused-ring (bicyclic) bond motifs is 1. The lowest BCUT2D eigenvalue weighted by molar-refractivity contribution is -0.121. The molecule has 0 spiro atoms. The third kappa shape index (κ3) is 4.51. The number of nitrogens with one attached hydrogen (secondary N) is 1. The second kappa shape index (κ2) is 8.56. The Morgan fingerprint density at radius 3 is 2.65 bits per heavy atom. The number of carbonyl (C=O) groups is 1. The number of amides is 1. The molecule has 1 amide bonds. The number of hydrogen-bond acceptors (Lipinski definition) is 2. The summed E-state index contributed by atoms with van der Waals surface area (Å²) in [5.41, 5.74) is 6.65. The first-order chi connectivity index (χ1) is 9.31. The van der Waals surface area contributed by atoms with Crippen LogP contribution in [-0.4, -0.2) is 19.0 Å². The predicted octanol–water partition coefficient (Wildman–Crippen LogP) is 2.66. The molecule has 3 nitrogen and oxygen atoms in total. The molecule has 0 unspecified atom stereocenters. The zero-order valence-electron chi connectivity index (χ0n) is 11.5. The highest BCUT2D eigenvalue weighted by molar-refractivity contribution is 5.86. The van der Waals surface area contributed by atoms with Crippen molar-refractivity contribution in [3.05, 3.63) is 48.0 Å². The van der Waals surface area contributed by atoms with Crippen molar-refractivity contribution in [1.82, 2.24) is 5.32 Å². The first-order valence-electron chi connectivity index (χ1n) is 6.74. The number of rotatable bonds is 6. The second-order valence-corrected chi connectivity index (χ2v) is 4.63. The molecule has 0 aliphatic heterocycles. The molecule has 0 saturated carbocycles. The average molecular weight is 293 g/mol. The molecule has 2 aromatic rings. The van der Waals surface area contributed by atoms with Crippen LogP contribution in [0, 0.1) is 0 Å². The highest BCUT2D eigenvalue weighted by Gasteiger charge is 2.02. The number of halogens is 1. The molecular formula is C16H21ClN2O. The standard InChI is InChI=1S/C16H20N2O.ClH/c17-11-4-9-16(19)18-12-10-14-7-3-6-13-5-1-2-8-15(13)14;/h1-3,5-8H,4,9-12,17H2,(H,18,19);1H. The van der Waals surface area contributed by atoms with Gasteiger partial charge in [0, 0.05) is 13.0 Å². The highest BCUT2D eigenvalue weighted by Crippen LogP contribution is 2.18. The molecular weight excluding hydrogens is 272 g/mol. The summed E-state index contributed by atoms with van der Waals surface area (Å²) < 4.78 is 0. The van der Waals surface area contributed by atoms with Crippen LogP contribution in [0.25, 0.3) is 10.8 Å². The lowest BCUT2D eigenvalue weighted by Crippen LogP contribution is -2.26. The van der Waals surface area contributed by atoms with E-state index in [1.54, 1.807) is 0 Å². The van der Waals surface area contributed by atoms with Gasteiger partial charge in [-0.3, -0.25) is 4.79 Å². The van der Waals surface area contributed by atoms with Gasteiger partial charge in [0.05, 0.1) is 0 Å². The first kappa shape index (κ1) is 16.5. The van der Waals surface area contributed by atoms with Gasteiger partial charge >= 0.3 is 0 Å². The summed E-state index contributed by atoms with van der Waals surface area (Å²) in [5.74, 6) is 0.0886. The number of benzene rings is 2. The number of carbonyl (C=O) groups excluding carboxylic acids is 1. The smallest absolute Gasteiger partial charge is 0.220 e. The Balaban J connectivity index is 0.00000200. The Kier molecular flexibility index (Phi) is 7.05. The van der Waals surface area contributed by atoms with E-state index >= 15 is 0 Å². The highest BCUT2D eigenvalue weighted by atomic mass is 35.5. The molecule has 0 aromatic heterocycles. The second-order valence-electron chi connectivity index (χ2n) is 4.63. The monoisotopic (exact) mass is 292 g/mol. The van der Waals surface area contributed by atoms with Gasteiger partial charge in [0.15, 0.2) is 0 Å². The van der Waals surface area contributed by atoms with Crippen molar-refractivity contribution in [1.29, 1.82) is 0 Å². The van der Waals surface area contributed by atoms with Gasteiger partial charge in [-0.05, 0) is 35.7 Å². The van der Waals surface area contributed by atoms with E-state index in [9.17, 15) is 4.79 Å². The SMILES string of the molecule is Cl.NCCCC(=O)NCCc1cccc2ccccc12. The molecule has 20 heavy (non-hydrogen) atoms. The van der Waals surface area contributed by atoms with Gasteiger partial charge in [-0.25, -0.2) is 0 Å². The van der Waals surface area contributed by atoms with Crippen LogP contribution in [0.4, 0.5) is 0 Å². The maximum atomic E-state index is 11.5. The minimum atomic E-state index is 0. The summed E-state index contributed by atoms with van der Waals surface area (Å²) in [4.78, 5) is 11.5. The van der Waals surface area contributed by atoms with E-state index in [0.29, 0.717) is 19.5 Å². The van der Waals surface area contributed by atoms with Crippen LogP contribution in [-0.2, 0) is 11.2 Å². The lowest BCUT2D eigenvalue weighted by atomic mass is 10.0. The van der Waals surface area contributed by atoms with Gasteiger partial charge in [0.2, 0.25) is 5.91 Å². The zero-order chi connectivity index (χ0) is 13.5. The minimum Gasteiger partial charge on any atom is -0.356 e. The molecule has 0 saturated heterocycles. The van der Waals surface area contributed by atoms with Crippen molar-refractivity contribution in [2.75, 3.05) is 13.1 Å². The molecule has 0 atom stereocenters. The van der Waals surface area contributed by atoms with E-state index in [1.165, 1.54) is 16.3 Å². The lowest BCUT2D eigenvalue weighted by Gasteiger charge is -2.08. The molecule has 108 valence electrons. The van der Waals surface area contributed by atoms with Gasteiger partial charge in [-0.1, -0.05) is 42.5 Å². The molecule has 0 fully saturated rings. The number of nitrogens with two attached hydrogens (primary N) is 1.